The third kappa shape index (κ3) is 2.01. The normalized spacial score (nSPS) is 27.9. The Kier molecular flexibility index (Phi) is 3.24. The Morgan fingerprint density at radius 1 is 1.43 bits per heavy atom. The summed E-state index contributed by atoms with van der Waals surface area (Å²) in [6.45, 7) is 2.25. The molecule has 1 aromatic heterocycles. The Balaban J connectivity index is 2.08. The molecule has 1 fully saturated rings. The molecule has 14 heavy (non-hydrogen) atoms. The van der Waals surface area contributed by atoms with Crippen molar-refractivity contribution in [1.82, 2.24) is 5.32 Å². The number of nitrogens with one attached hydrogen (secondary N) is 1. The molecule has 0 aliphatic heterocycles. The lowest BCUT2D eigenvalue weighted by atomic mass is 9.81. The second-order valence-corrected chi connectivity index (χ2v) is 5.40. The van der Waals surface area contributed by atoms with Crippen molar-refractivity contribution in [3.63, 3.8) is 0 Å². The van der Waals surface area contributed by atoms with Gasteiger partial charge in [0.1, 0.15) is 0 Å². The van der Waals surface area contributed by atoms with Gasteiger partial charge in [-0.15, -0.1) is 11.3 Å². The van der Waals surface area contributed by atoms with Gasteiger partial charge in [-0.25, -0.2) is 0 Å². The van der Waals surface area contributed by atoms with E-state index in [-0.39, 0.29) is 0 Å². The van der Waals surface area contributed by atoms with Crippen LogP contribution >= 0.6 is 11.3 Å². The second kappa shape index (κ2) is 4.45. The van der Waals surface area contributed by atoms with E-state index < -0.39 is 0 Å². The van der Waals surface area contributed by atoms with Gasteiger partial charge < -0.3 is 5.32 Å². The molecule has 0 bridgehead atoms. The Hall–Kier alpha value is -0.340. The van der Waals surface area contributed by atoms with Crippen LogP contribution in [0.5, 0.6) is 0 Å². The number of hydrogen-bond donors (Lipinski definition) is 1. The van der Waals surface area contributed by atoms with E-state index in [0.29, 0.717) is 0 Å². The molecule has 2 atom stereocenters. The Morgan fingerprint density at radius 3 is 2.93 bits per heavy atom. The Labute approximate surface area is 90.5 Å². The highest BCUT2D eigenvalue weighted by molar-refractivity contribution is 7.10. The first-order valence-corrected chi connectivity index (χ1v) is 6.40. The molecule has 0 saturated heterocycles. The number of rotatable bonds is 2. The zero-order chi connectivity index (χ0) is 9.97. The van der Waals surface area contributed by atoms with Crippen LogP contribution < -0.4 is 5.32 Å². The molecule has 0 spiro atoms. The van der Waals surface area contributed by atoms with Gasteiger partial charge in [0.25, 0.3) is 0 Å². The molecule has 78 valence electrons. The third-order valence-corrected chi connectivity index (χ3v) is 4.28. The van der Waals surface area contributed by atoms with Crippen LogP contribution in [0.2, 0.25) is 0 Å². The minimum Gasteiger partial charge on any atom is -0.317 e. The van der Waals surface area contributed by atoms with E-state index in [1.807, 2.05) is 11.3 Å². The predicted molar refractivity (Wildman–Crippen MR) is 63.1 cm³/mol. The van der Waals surface area contributed by atoms with Crippen molar-refractivity contribution < 1.29 is 0 Å². The maximum Gasteiger partial charge on any atom is 0.00698 e. The summed E-state index contributed by atoms with van der Waals surface area (Å²) in [7, 11) is 2.09. The predicted octanol–water partition coefficient (Wildman–Crippen LogP) is 3.30. The van der Waals surface area contributed by atoms with Crippen molar-refractivity contribution in [1.29, 1.82) is 0 Å². The minimum absolute atomic E-state index is 0.744. The summed E-state index contributed by atoms with van der Waals surface area (Å²) < 4.78 is 0. The maximum atomic E-state index is 3.42. The first-order valence-electron chi connectivity index (χ1n) is 5.52. The topological polar surface area (TPSA) is 12.0 Å². The molecule has 2 rings (SSSR count). The van der Waals surface area contributed by atoms with E-state index in [4.69, 9.17) is 0 Å². The molecule has 2 heteroatoms. The quantitative estimate of drug-likeness (QED) is 0.788. The molecule has 1 aliphatic rings. The van der Waals surface area contributed by atoms with Crippen molar-refractivity contribution in [2.75, 3.05) is 7.05 Å². The largest absolute Gasteiger partial charge is 0.317 e. The van der Waals surface area contributed by atoms with Crippen LogP contribution in [0.15, 0.2) is 11.4 Å². The third-order valence-electron chi connectivity index (χ3n) is 3.42. The summed E-state index contributed by atoms with van der Waals surface area (Å²) in [4.78, 5) is 1.52. The van der Waals surface area contributed by atoms with Crippen LogP contribution in [-0.2, 0) is 0 Å². The van der Waals surface area contributed by atoms with Crippen molar-refractivity contribution in [2.24, 2.45) is 0 Å². The van der Waals surface area contributed by atoms with Gasteiger partial charge in [-0.2, -0.15) is 0 Å². The summed E-state index contributed by atoms with van der Waals surface area (Å²) in [5.74, 6) is 0.812. The smallest absolute Gasteiger partial charge is 0.00698 e. The molecule has 1 saturated carbocycles. The number of thiophene rings is 1. The highest BCUT2D eigenvalue weighted by atomic mass is 32.1. The van der Waals surface area contributed by atoms with Crippen molar-refractivity contribution in [3.8, 4) is 0 Å². The fourth-order valence-corrected chi connectivity index (χ4v) is 3.34. The first-order chi connectivity index (χ1) is 6.81. The molecule has 1 nitrogen and oxygen atoms in total. The van der Waals surface area contributed by atoms with Gasteiger partial charge in [0.15, 0.2) is 0 Å². The molecule has 1 aliphatic carbocycles. The maximum absolute atomic E-state index is 3.42. The lowest BCUT2D eigenvalue weighted by Gasteiger charge is -2.29. The van der Waals surface area contributed by atoms with Crippen molar-refractivity contribution in [2.45, 2.75) is 44.6 Å². The molecular weight excluding hydrogens is 190 g/mol. The van der Waals surface area contributed by atoms with E-state index in [9.17, 15) is 0 Å². The van der Waals surface area contributed by atoms with Gasteiger partial charge in [0.05, 0.1) is 0 Å². The SMILES string of the molecule is CNC1CCCC(c2ccsc2C)C1. The zero-order valence-corrected chi connectivity index (χ0v) is 9.86. The molecule has 0 amide bonds. The summed E-state index contributed by atoms with van der Waals surface area (Å²) >= 11 is 1.89. The van der Waals surface area contributed by atoms with E-state index in [1.54, 1.807) is 5.56 Å². The molecule has 2 unspecified atom stereocenters. The fraction of sp³-hybridized carbons (Fsp3) is 0.667. The zero-order valence-electron chi connectivity index (χ0n) is 9.05. The first kappa shape index (κ1) is 10.2. The number of hydrogen-bond acceptors (Lipinski definition) is 2. The average molecular weight is 209 g/mol. The summed E-state index contributed by atoms with van der Waals surface area (Å²) in [6.07, 6.45) is 5.45. The van der Waals surface area contributed by atoms with Gasteiger partial charge in [-0.05, 0) is 56.2 Å². The van der Waals surface area contributed by atoms with Crippen molar-refractivity contribution in [3.05, 3.63) is 21.9 Å². The van der Waals surface area contributed by atoms with Crippen molar-refractivity contribution >= 4 is 11.3 Å². The molecule has 0 aromatic carbocycles. The average Bonchev–Trinajstić information content (AvgIpc) is 2.65. The van der Waals surface area contributed by atoms with Gasteiger partial charge >= 0.3 is 0 Å². The standard InChI is InChI=1S/C12H19NS/c1-9-12(6-7-14-9)10-4-3-5-11(8-10)13-2/h6-7,10-11,13H,3-5,8H2,1-2H3. The van der Waals surface area contributed by atoms with Crippen LogP contribution in [0.1, 0.15) is 42.0 Å². The minimum atomic E-state index is 0.744. The Bertz CT molecular complexity index is 292. The lowest BCUT2D eigenvalue weighted by Crippen LogP contribution is -2.30. The highest BCUT2D eigenvalue weighted by Crippen LogP contribution is 2.35. The second-order valence-electron chi connectivity index (χ2n) is 4.28. The van der Waals surface area contributed by atoms with Crippen LogP contribution in [0.4, 0.5) is 0 Å². The number of aryl methyl sites for hydroxylation is 1. The summed E-state index contributed by atoms with van der Waals surface area (Å²) in [5, 5.41) is 5.65. The van der Waals surface area contributed by atoms with Crippen LogP contribution in [0, 0.1) is 6.92 Å². The van der Waals surface area contributed by atoms with E-state index in [1.165, 1.54) is 30.6 Å². The summed E-state index contributed by atoms with van der Waals surface area (Å²) in [5.41, 5.74) is 1.61. The fourth-order valence-electron chi connectivity index (χ4n) is 2.55. The molecule has 1 N–H and O–H groups in total. The van der Waals surface area contributed by atoms with E-state index in [0.717, 1.165) is 12.0 Å². The van der Waals surface area contributed by atoms with E-state index in [2.05, 4.69) is 30.7 Å². The van der Waals surface area contributed by atoms with Gasteiger partial charge in [-0.1, -0.05) is 6.42 Å². The van der Waals surface area contributed by atoms with Gasteiger partial charge in [0, 0.05) is 10.9 Å². The molecule has 1 heterocycles. The molecular formula is C12H19NS. The highest BCUT2D eigenvalue weighted by Gasteiger charge is 2.23. The van der Waals surface area contributed by atoms with Crippen LogP contribution in [-0.4, -0.2) is 13.1 Å². The van der Waals surface area contributed by atoms with Gasteiger partial charge in [0.2, 0.25) is 0 Å². The van der Waals surface area contributed by atoms with Crippen LogP contribution in [0.25, 0.3) is 0 Å². The summed E-state index contributed by atoms with van der Waals surface area (Å²) in [6, 6.07) is 3.07. The monoisotopic (exact) mass is 209 g/mol. The van der Waals surface area contributed by atoms with E-state index >= 15 is 0 Å². The van der Waals surface area contributed by atoms with Crippen LogP contribution in [0.3, 0.4) is 0 Å². The lowest BCUT2D eigenvalue weighted by molar-refractivity contribution is 0.355. The Morgan fingerprint density at radius 2 is 2.29 bits per heavy atom. The molecule has 0 radical (unpaired) electrons. The van der Waals surface area contributed by atoms with Gasteiger partial charge in [-0.3, -0.25) is 0 Å². The molecule has 1 aromatic rings.